The zero-order valence-corrected chi connectivity index (χ0v) is 11.2. The molecule has 5 heteroatoms. The normalized spacial score (nSPS) is 26.8. The standard InChI is InChI=1S/C13H19NO3S/c1-6-18-10-11(1)7-14-8-12-9-16-13(17-12)2-4-15-5-3-13/h1,6,10,12,14H,2-5,7-9H2/t12-/m1/s1. The molecule has 3 rings (SSSR count). The largest absolute Gasteiger partial charge is 0.381 e. The van der Waals surface area contributed by atoms with Gasteiger partial charge in [-0.3, -0.25) is 0 Å². The fourth-order valence-electron chi connectivity index (χ4n) is 2.43. The van der Waals surface area contributed by atoms with Gasteiger partial charge in [-0.2, -0.15) is 11.3 Å². The Morgan fingerprint density at radius 2 is 2.28 bits per heavy atom. The Morgan fingerprint density at radius 3 is 3.06 bits per heavy atom. The molecule has 0 saturated carbocycles. The number of hydrogen-bond acceptors (Lipinski definition) is 5. The van der Waals surface area contributed by atoms with Gasteiger partial charge in [-0.15, -0.1) is 0 Å². The highest BCUT2D eigenvalue weighted by atomic mass is 32.1. The SMILES string of the molecule is c1cc(CNC[C@@H]2COC3(CCOCC3)O2)cs1. The summed E-state index contributed by atoms with van der Waals surface area (Å²) in [5.74, 6) is -0.354. The molecule has 1 aromatic heterocycles. The van der Waals surface area contributed by atoms with E-state index in [1.165, 1.54) is 5.56 Å². The highest BCUT2D eigenvalue weighted by molar-refractivity contribution is 7.07. The molecule has 1 spiro atoms. The summed E-state index contributed by atoms with van der Waals surface area (Å²) < 4.78 is 17.2. The quantitative estimate of drug-likeness (QED) is 0.904. The maximum absolute atomic E-state index is 6.05. The third-order valence-corrected chi connectivity index (χ3v) is 4.18. The summed E-state index contributed by atoms with van der Waals surface area (Å²) in [5.41, 5.74) is 1.33. The summed E-state index contributed by atoms with van der Waals surface area (Å²) in [5, 5.41) is 7.69. The Balaban J connectivity index is 1.42. The molecule has 0 aliphatic carbocycles. The second-order valence-corrected chi connectivity index (χ2v) is 5.62. The van der Waals surface area contributed by atoms with Crippen LogP contribution in [-0.2, 0) is 20.8 Å². The van der Waals surface area contributed by atoms with Crippen molar-refractivity contribution in [3.8, 4) is 0 Å². The van der Waals surface area contributed by atoms with Crippen LogP contribution in [0.2, 0.25) is 0 Å². The molecular formula is C13H19NO3S. The van der Waals surface area contributed by atoms with Gasteiger partial charge in [0.25, 0.3) is 0 Å². The predicted octanol–water partition coefficient (Wildman–Crippen LogP) is 1.76. The van der Waals surface area contributed by atoms with Gasteiger partial charge in [-0.1, -0.05) is 0 Å². The van der Waals surface area contributed by atoms with Crippen LogP contribution < -0.4 is 5.32 Å². The minimum absolute atomic E-state index is 0.168. The van der Waals surface area contributed by atoms with Crippen molar-refractivity contribution in [2.45, 2.75) is 31.3 Å². The van der Waals surface area contributed by atoms with E-state index < -0.39 is 0 Å². The van der Waals surface area contributed by atoms with Crippen molar-refractivity contribution in [2.75, 3.05) is 26.4 Å². The summed E-state index contributed by atoms with van der Waals surface area (Å²) in [6.07, 6.45) is 1.88. The molecule has 1 atom stereocenters. The lowest BCUT2D eigenvalue weighted by Gasteiger charge is -2.31. The van der Waals surface area contributed by atoms with E-state index in [0.717, 1.165) is 39.1 Å². The van der Waals surface area contributed by atoms with Crippen LogP contribution in [0.25, 0.3) is 0 Å². The van der Waals surface area contributed by atoms with E-state index in [1.54, 1.807) is 11.3 Å². The number of ether oxygens (including phenoxy) is 3. The van der Waals surface area contributed by atoms with Crippen LogP contribution in [0.1, 0.15) is 18.4 Å². The smallest absolute Gasteiger partial charge is 0.173 e. The van der Waals surface area contributed by atoms with Crippen molar-refractivity contribution < 1.29 is 14.2 Å². The van der Waals surface area contributed by atoms with Crippen LogP contribution in [0.4, 0.5) is 0 Å². The number of hydrogen-bond donors (Lipinski definition) is 1. The van der Waals surface area contributed by atoms with E-state index >= 15 is 0 Å². The maximum atomic E-state index is 6.05. The van der Waals surface area contributed by atoms with E-state index in [4.69, 9.17) is 14.2 Å². The third kappa shape index (κ3) is 2.92. The van der Waals surface area contributed by atoms with Crippen LogP contribution in [0.15, 0.2) is 16.8 Å². The molecule has 0 amide bonds. The van der Waals surface area contributed by atoms with Crippen molar-refractivity contribution in [1.82, 2.24) is 5.32 Å². The van der Waals surface area contributed by atoms with Gasteiger partial charge >= 0.3 is 0 Å². The lowest BCUT2D eigenvalue weighted by molar-refractivity contribution is -0.210. The summed E-state index contributed by atoms with van der Waals surface area (Å²) in [7, 11) is 0. The molecule has 0 radical (unpaired) electrons. The molecular weight excluding hydrogens is 250 g/mol. The van der Waals surface area contributed by atoms with Crippen LogP contribution in [0, 0.1) is 0 Å². The minimum Gasteiger partial charge on any atom is -0.381 e. The predicted molar refractivity (Wildman–Crippen MR) is 69.6 cm³/mol. The van der Waals surface area contributed by atoms with Gasteiger partial charge in [0, 0.05) is 25.9 Å². The van der Waals surface area contributed by atoms with E-state index in [2.05, 4.69) is 22.1 Å². The van der Waals surface area contributed by atoms with Crippen molar-refractivity contribution in [1.29, 1.82) is 0 Å². The Kier molecular flexibility index (Phi) is 3.96. The minimum atomic E-state index is -0.354. The van der Waals surface area contributed by atoms with Gasteiger partial charge in [0.05, 0.1) is 25.9 Å². The lowest BCUT2D eigenvalue weighted by atomic mass is 10.1. The Bertz CT molecular complexity index is 362. The monoisotopic (exact) mass is 269 g/mol. The first kappa shape index (κ1) is 12.6. The van der Waals surface area contributed by atoms with Crippen LogP contribution >= 0.6 is 11.3 Å². The molecule has 2 aliphatic heterocycles. The van der Waals surface area contributed by atoms with Crippen molar-refractivity contribution in [2.24, 2.45) is 0 Å². The molecule has 2 fully saturated rings. The summed E-state index contributed by atoms with van der Waals surface area (Å²) in [4.78, 5) is 0. The molecule has 3 heterocycles. The first-order valence-corrected chi connectivity index (χ1v) is 7.42. The van der Waals surface area contributed by atoms with Crippen LogP contribution in [0.5, 0.6) is 0 Å². The van der Waals surface area contributed by atoms with Crippen molar-refractivity contribution in [3.05, 3.63) is 22.4 Å². The molecule has 2 saturated heterocycles. The van der Waals surface area contributed by atoms with E-state index in [9.17, 15) is 0 Å². The van der Waals surface area contributed by atoms with Gasteiger partial charge in [0.2, 0.25) is 0 Å². The number of nitrogens with one attached hydrogen (secondary N) is 1. The summed E-state index contributed by atoms with van der Waals surface area (Å²) in [6, 6.07) is 2.14. The molecule has 2 aliphatic rings. The van der Waals surface area contributed by atoms with E-state index in [0.29, 0.717) is 6.61 Å². The summed E-state index contributed by atoms with van der Waals surface area (Å²) >= 11 is 1.73. The average Bonchev–Trinajstić information content (AvgIpc) is 3.02. The van der Waals surface area contributed by atoms with Gasteiger partial charge in [-0.25, -0.2) is 0 Å². The Labute approximate surface area is 111 Å². The maximum Gasteiger partial charge on any atom is 0.173 e. The molecule has 1 N–H and O–H groups in total. The highest BCUT2D eigenvalue weighted by Gasteiger charge is 2.42. The zero-order valence-electron chi connectivity index (χ0n) is 10.4. The first-order valence-electron chi connectivity index (χ1n) is 6.48. The highest BCUT2D eigenvalue weighted by Crippen LogP contribution is 2.32. The molecule has 4 nitrogen and oxygen atoms in total. The Hall–Kier alpha value is -0.460. The van der Waals surface area contributed by atoms with Gasteiger partial charge < -0.3 is 19.5 Å². The van der Waals surface area contributed by atoms with Crippen LogP contribution in [0.3, 0.4) is 0 Å². The summed E-state index contributed by atoms with van der Waals surface area (Å²) in [6.45, 7) is 3.93. The first-order chi connectivity index (χ1) is 8.86. The van der Waals surface area contributed by atoms with E-state index in [1.807, 2.05) is 0 Å². The lowest BCUT2D eigenvalue weighted by Crippen LogP contribution is -2.39. The van der Waals surface area contributed by atoms with Crippen molar-refractivity contribution >= 4 is 11.3 Å². The second-order valence-electron chi connectivity index (χ2n) is 4.84. The van der Waals surface area contributed by atoms with Gasteiger partial charge in [0.1, 0.15) is 0 Å². The third-order valence-electron chi connectivity index (χ3n) is 3.45. The molecule has 1 aromatic rings. The fraction of sp³-hybridized carbons (Fsp3) is 0.692. The average molecular weight is 269 g/mol. The Morgan fingerprint density at radius 1 is 1.39 bits per heavy atom. The van der Waals surface area contributed by atoms with Crippen LogP contribution in [-0.4, -0.2) is 38.3 Å². The molecule has 0 aromatic carbocycles. The second kappa shape index (κ2) is 5.67. The van der Waals surface area contributed by atoms with Gasteiger partial charge in [-0.05, 0) is 22.4 Å². The topological polar surface area (TPSA) is 39.7 Å². The molecule has 0 unspecified atom stereocenters. The number of thiophene rings is 1. The fourth-order valence-corrected chi connectivity index (χ4v) is 3.10. The molecule has 18 heavy (non-hydrogen) atoms. The van der Waals surface area contributed by atoms with Gasteiger partial charge in [0.15, 0.2) is 5.79 Å². The molecule has 100 valence electrons. The van der Waals surface area contributed by atoms with E-state index in [-0.39, 0.29) is 11.9 Å². The zero-order chi connectivity index (χ0) is 12.3. The number of rotatable bonds is 4. The molecule has 0 bridgehead atoms. The van der Waals surface area contributed by atoms with Crippen molar-refractivity contribution in [3.63, 3.8) is 0 Å².